The van der Waals surface area contributed by atoms with Gasteiger partial charge in [0.15, 0.2) is 11.8 Å². The molecule has 1 unspecified atom stereocenters. The molecule has 168 valence electrons. The van der Waals surface area contributed by atoms with Gasteiger partial charge in [-0.25, -0.2) is 14.7 Å². The van der Waals surface area contributed by atoms with Crippen LogP contribution in [0.2, 0.25) is 0 Å². The molecule has 1 aliphatic heterocycles. The number of methoxy groups -OCH3 is 1. The highest BCUT2D eigenvalue weighted by Gasteiger charge is 2.22. The van der Waals surface area contributed by atoms with Crippen LogP contribution >= 0.6 is 24.0 Å². The molecule has 10 heteroatoms. The minimum atomic E-state index is 0. The summed E-state index contributed by atoms with van der Waals surface area (Å²) in [6.07, 6.45) is 3.78. The van der Waals surface area contributed by atoms with Crippen molar-refractivity contribution >= 4 is 29.9 Å². The van der Waals surface area contributed by atoms with Gasteiger partial charge >= 0.3 is 0 Å². The lowest BCUT2D eigenvalue weighted by Gasteiger charge is -2.25. The van der Waals surface area contributed by atoms with Gasteiger partial charge in [-0.3, -0.25) is 4.68 Å². The number of nitrogens with zero attached hydrogens (tertiary/aromatic N) is 6. The number of fused-ring (bicyclic) bond motifs is 1. The number of aromatic nitrogens is 5. The van der Waals surface area contributed by atoms with Crippen LogP contribution in [0, 0.1) is 0 Å². The molecule has 2 aromatic heterocycles. The standard InChI is InChI=1S/C20H34N8O.HI/c1-6-16-15(17(7-2)27(4)25-16)11-22-20(21-8-3)23-14-9-10-19-24-18(13-29-5)26-28(19)12-14;/h14H,6-13H2,1-5H3,(H2,21,22,23);1H. The zero-order valence-corrected chi connectivity index (χ0v) is 21.1. The molecule has 2 N–H and O–H groups in total. The Bertz CT molecular complexity index is 844. The Morgan fingerprint density at radius 3 is 2.70 bits per heavy atom. The molecule has 30 heavy (non-hydrogen) atoms. The van der Waals surface area contributed by atoms with Gasteiger partial charge in [-0.05, 0) is 26.2 Å². The van der Waals surface area contributed by atoms with Crippen LogP contribution in [0.5, 0.6) is 0 Å². The number of nitrogens with one attached hydrogen (secondary N) is 2. The fraction of sp³-hybridized carbons (Fsp3) is 0.700. The van der Waals surface area contributed by atoms with E-state index in [2.05, 4.69) is 46.6 Å². The Labute approximate surface area is 196 Å². The fourth-order valence-corrected chi connectivity index (χ4v) is 3.91. The lowest BCUT2D eigenvalue weighted by atomic mass is 10.1. The quantitative estimate of drug-likeness (QED) is 0.308. The smallest absolute Gasteiger partial charge is 0.191 e. The van der Waals surface area contributed by atoms with E-state index in [0.29, 0.717) is 13.2 Å². The number of guanidine groups is 1. The van der Waals surface area contributed by atoms with Gasteiger partial charge in [0, 0.05) is 44.4 Å². The average molecular weight is 530 g/mol. The summed E-state index contributed by atoms with van der Waals surface area (Å²) < 4.78 is 9.14. The van der Waals surface area contributed by atoms with Gasteiger partial charge in [0.25, 0.3) is 0 Å². The Hall–Kier alpha value is -1.69. The van der Waals surface area contributed by atoms with Crippen LogP contribution in [-0.4, -0.2) is 50.2 Å². The normalized spacial score (nSPS) is 16.2. The average Bonchev–Trinajstić information content (AvgIpc) is 3.25. The molecular weight excluding hydrogens is 495 g/mol. The first-order chi connectivity index (χ1) is 14.1. The summed E-state index contributed by atoms with van der Waals surface area (Å²) in [5.74, 6) is 2.62. The molecule has 0 saturated heterocycles. The van der Waals surface area contributed by atoms with E-state index in [1.807, 2.05) is 16.4 Å². The van der Waals surface area contributed by atoms with Crippen molar-refractivity contribution in [3.63, 3.8) is 0 Å². The van der Waals surface area contributed by atoms with Gasteiger partial charge in [0.1, 0.15) is 12.4 Å². The number of ether oxygens (including phenoxy) is 1. The molecule has 0 radical (unpaired) electrons. The maximum absolute atomic E-state index is 5.15. The summed E-state index contributed by atoms with van der Waals surface area (Å²) in [5, 5.41) is 16.2. The van der Waals surface area contributed by atoms with Gasteiger partial charge < -0.3 is 15.4 Å². The predicted octanol–water partition coefficient (Wildman–Crippen LogP) is 1.97. The predicted molar refractivity (Wildman–Crippen MR) is 128 cm³/mol. The first-order valence-corrected chi connectivity index (χ1v) is 10.6. The summed E-state index contributed by atoms with van der Waals surface area (Å²) in [4.78, 5) is 9.43. The van der Waals surface area contributed by atoms with Gasteiger partial charge in [-0.1, -0.05) is 13.8 Å². The number of aryl methyl sites for hydroxylation is 3. The molecule has 0 amide bonds. The number of rotatable bonds is 8. The Balaban J connectivity index is 0.00000320. The Morgan fingerprint density at radius 1 is 1.23 bits per heavy atom. The van der Waals surface area contributed by atoms with Crippen LogP contribution in [0.15, 0.2) is 4.99 Å². The van der Waals surface area contributed by atoms with E-state index in [9.17, 15) is 0 Å². The Kier molecular flexibility index (Phi) is 9.53. The molecule has 1 aliphatic rings. The number of hydrogen-bond donors (Lipinski definition) is 2. The van der Waals surface area contributed by atoms with Crippen molar-refractivity contribution in [2.45, 2.75) is 72.2 Å². The van der Waals surface area contributed by atoms with E-state index < -0.39 is 0 Å². The van der Waals surface area contributed by atoms with Crippen molar-refractivity contribution in [2.75, 3.05) is 13.7 Å². The molecule has 0 spiro atoms. The maximum atomic E-state index is 5.15. The third kappa shape index (κ3) is 5.71. The molecular formula is C20H35IN8O. The molecule has 0 bridgehead atoms. The molecule has 0 aromatic carbocycles. The van der Waals surface area contributed by atoms with Crippen LogP contribution in [0.4, 0.5) is 0 Å². The maximum Gasteiger partial charge on any atom is 0.191 e. The third-order valence-electron chi connectivity index (χ3n) is 5.28. The summed E-state index contributed by atoms with van der Waals surface area (Å²) in [6.45, 7) is 9.09. The molecule has 0 saturated carbocycles. The summed E-state index contributed by atoms with van der Waals surface area (Å²) in [6, 6.07) is 0.266. The first kappa shape index (κ1) is 24.6. The highest BCUT2D eigenvalue weighted by atomic mass is 127. The zero-order chi connectivity index (χ0) is 20.8. The van der Waals surface area contributed by atoms with Crippen LogP contribution in [0.25, 0.3) is 0 Å². The highest BCUT2D eigenvalue weighted by molar-refractivity contribution is 14.0. The van der Waals surface area contributed by atoms with Crippen molar-refractivity contribution in [2.24, 2.45) is 12.0 Å². The van der Waals surface area contributed by atoms with Crippen LogP contribution < -0.4 is 10.6 Å². The molecule has 3 heterocycles. The SMILES string of the molecule is CCNC(=NCc1c(CC)nn(C)c1CC)NC1CCc2nc(COC)nn2C1.I. The molecule has 1 atom stereocenters. The second-order valence-electron chi connectivity index (χ2n) is 7.34. The first-order valence-electron chi connectivity index (χ1n) is 10.6. The van der Waals surface area contributed by atoms with Crippen molar-refractivity contribution in [1.82, 2.24) is 35.2 Å². The van der Waals surface area contributed by atoms with E-state index >= 15 is 0 Å². The van der Waals surface area contributed by atoms with Gasteiger partial charge in [0.2, 0.25) is 0 Å². The molecule has 2 aromatic rings. The minimum absolute atomic E-state index is 0. The highest BCUT2D eigenvalue weighted by Crippen LogP contribution is 2.17. The van der Waals surface area contributed by atoms with Gasteiger partial charge in [0.05, 0.1) is 18.8 Å². The van der Waals surface area contributed by atoms with Crippen molar-refractivity contribution in [3.05, 3.63) is 28.6 Å². The molecule has 9 nitrogen and oxygen atoms in total. The largest absolute Gasteiger partial charge is 0.377 e. The fourth-order valence-electron chi connectivity index (χ4n) is 3.91. The lowest BCUT2D eigenvalue weighted by Crippen LogP contribution is -2.47. The van der Waals surface area contributed by atoms with Crippen molar-refractivity contribution < 1.29 is 4.74 Å². The van der Waals surface area contributed by atoms with Crippen LogP contribution in [-0.2, 0) is 50.7 Å². The molecule has 3 rings (SSSR count). The second-order valence-corrected chi connectivity index (χ2v) is 7.34. The summed E-state index contributed by atoms with van der Waals surface area (Å²) >= 11 is 0. The van der Waals surface area contributed by atoms with Gasteiger partial charge in [-0.2, -0.15) is 10.2 Å². The molecule has 0 aliphatic carbocycles. The minimum Gasteiger partial charge on any atom is -0.377 e. The summed E-state index contributed by atoms with van der Waals surface area (Å²) in [7, 11) is 3.68. The zero-order valence-electron chi connectivity index (χ0n) is 18.7. The Morgan fingerprint density at radius 2 is 2.03 bits per heavy atom. The number of aliphatic imine (C=N–C) groups is 1. The third-order valence-corrected chi connectivity index (χ3v) is 5.28. The van der Waals surface area contributed by atoms with E-state index in [-0.39, 0.29) is 30.0 Å². The molecule has 0 fully saturated rings. The van der Waals surface area contributed by atoms with E-state index in [0.717, 1.165) is 62.1 Å². The monoisotopic (exact) mass is 530 g/mol. The van der Waals surface area contributed by atoms with E-state index in [4.69, 9.17) is 9.73 Å². The van der Waals surface area contributed by atoms with Crippen molar-refractivity contribution in [3.8, 4) is 0 Å². The van der Waals surface area contributed by atoms with E-state index in [1.165, 1.54) is 11.3 Å². The van der Waals surface area contributed by atoms with Gasteiger partial charge in [-0.15, -0.1) is 24.0 Å². The number of hydrogen-bond acceptors (Lipinski definition) is 5. The second kappa shape index (κ2) is 11.6. The van der Waals surface area contributed by atoms with E-state index in [1.54, 1.807) is 7.11 Å². The van der Waals surface area contributed by atoms with Crippen LogP contribution in [0.1, 0.15) is 55.8 Å². The van der Waals surface area contributed by atoms with Crippen molar-refractivity contribution in [1.29, 1.82) is 0 Å². The number of halogens is 1. The van der Waals surface area contributed by atoms with Crippen LogP contribution in [0.3, 0.4) is 0 Å². The topological polar surface area (TPSA) is 94.2 Å². The summed E-state index contributed by atoms with van der Waals surface area (Å²) in [5.41, 5.74) is 3.65. The lowest BCUT2D eigenvalue weighted by molar-refractivity contribution is 0.177.